The molecule has 1 heterocycles. The van der Waals surface area contributed by atoms with Gasteiger partial charge in [0.15, 0.2) is 0 Å². The second-order valence-electron chi connectivity index (χ2n) is 4.29. The minimum Gasteiger partial charge on any atom is -0.481 e. The van der Waals surface area contributed by atoms with E-state index in [4.69, 9.17) is 11.6 Å². The minimum atomic E-state index is -1.17. The van der Waals surface area contributed by atoms with Crippen LogP contribution in [0.3, 0.4) is 0 Å². The summed E-state index contributed by atoms with van der Waals surface area (Å²) in [5, 5.41) is 12.7. The lowest BCUT2D eigenvalue weighted by Gasteiger charge is -2.34. The van der Waals surface area contributed by atoms with Crippen LogP contribution in [0.4, 0.5) is 4.39 Å². The third-order valence-electron chi connectivity index (χ3n) is 3.24. The van der Waals surface area contributed by atoms with E-state index in [1.165, 1.54) is 12.1 Å². The summed E-state index contributed by atoms with van der Waals surface area (Å²) in [6, 6.07) is 4.16. The van der Waals surface area contributed by atoms with Crippen LogP contribution in [0.25, 0.3) is 0 Å². The van der Waals surface area contributed by atoms with Crippen molar-refractivity contribution in [2.24, 2.45) is 0 Å². The first kappa shape index (κ1) is 12.3. The molecule has 1 aromatic carbocycles. The molecule has 92 valence electrons. The Balaban J connectivity index is 2.49. The first-order chi connectivity index (χ1) is 8.06. The summed E-state index contributed by atoms with van der Waals surface area (Å²) >= 11 is 5.68. The number of carbonyl (C=O) groups is 1. The van der Waals surface area contributed by atoms with Crippen LogP contribution in [0.1, 0.15) is 18.4 Å². The van der Waals surface area contributed by atoms with Gasteiger partial charge in [-0.2, -0.15) is 0 Å². The summed E-state index contributed by atoms with van der Waals surface area (Å²) in [5.41, 5.74) is -0.964. The number of piperidine rings is 1. The standard InChI is InChI=1S/C12H13ClFNO2/c13-8-2-3-9(10(14)6-8)12(11(16)17)4-1-5-15-7-12/h2-3,6,15H,1,4-5,7H2,(H,16,17). The highest BCUT2D eigenvalue weighted by atomic mass is 35.5. The maximum Gasteiger partial charge on any atom is 0.315 e. The summed E-state index contributed by atoms with van der Waals surface area (Å²) in [5.74, 6) is -1.55. The number of rotatable bonds is 2. The molecule has 5 heteroatoms. The monoisotopic (exact) mass is 257 g/mol. The molecule has 1 fully saturated rings. The third-order valence-corrected chi connectivity index (χ3v) is 3.48. The molecular formula is C12H13ClFNO2. The number of nitrogens with one attached hydrogen (secondary N) is 1. The normalized spacial score (nSPS) is 24.6. The quantitative estimate of drug-likeness (QED) is 0.854. The van der Waals surface area contributed by atoms with E-state index in [0.29, 0.717) is 12.8 Å². The van der Waals surface area contributed by atoms with Crippen molar-refractivity contribution in [2.75, 3.05) is 13.1 Å². The van der Waals surface area contributed by atoms with E-state index in [0.717, 1.165) is 12.6 Å². The van der Waals surface area contributed by atoms with Gasteiger partial charge in [-0.05, 0) is 31.5 Å². The first-order valence-corrected chi connectivity index (χ1v) is 5.84. The second kappa shape index (κ2) is 4.63. The van der Waals surface area contributed by atoms with Crippen molar-refractivity contribution in [2.45, 2.75) is 18.3 Å². The van der Waals surface area contributed by atoms with Crippen LogP contribution < -0.4 is 5.32 Å². The first-order valence-electron chi connectivity index (χ1n) is 5.46. The Bertz CT molecular complexity index is 444. The van der Waals surface area contributed by atoms with Gasteiger partial charge in [0.1, 0.15) is 11.2 Å². The minimum absolute atomic E-state index is 0.210. The number of hydrogen-bond acceptors (Lipinski definition) is 2. The summed E-state index contributed by atoms with van der Waals surface area (Å²) in [6.45, 7) is 1.02. The zero-order chi connectivity index (χ0) is 12.5. The molecule has 1 aromatic rings. The van der Waals surface area contributed by atoms with E-state index >= 15 is 0 Å². The van der Waals surface area contributed by atoms with Crippen molar-refractivity contribution in [3.8, 4) is 0 Å². The van der Waals surface area contributed by atoms with Crippen molar-refractivity contribution in [1.29, 1.82) is 0 Å². The fourth-order valence-electron chi connectivity index (χ4n) is 2.31. The smallest absolute Gasteiger partial charge is 0.315 e. The van der Waals surface area contributed by atoms with Gasteiger partial charge in [-0.15, -0.1) is 0 Å². The van der Waals surface area contributed by atoms with Gasteiger partial charge in [0.2, 0.25) is 0 Å². The molecule has 0 aromatic heterocycles. The SMILES string of the molecule is O=C(O)C1(c2ccc(Cl)cc2F)CCCNC1. The maximum absolute atomic E-state index is 13.9. The molecule has 3 nitrogen and oxygen atoms in total. The fourth-order valence-corrected chi connectivity index (χ4v) is 2.47. The molecule has 17 heavy (non-hydrogen) atoms. The zero-order valence-electron chi connectivity index (χ0n) is 9.17. The molecule has 1 aliphatic rings. The van der Waals surface area contributed by atoms with Gasteiger partial charge in [-0.3, -0.25) is 4.79 Å². The highest BCUT2D eigenvalue weighted by Crippen LogP contribution is 2.34. The summed E-state index contributed by atoms with van der Waals surface area (Å²) in [7, 11) is 0. The summed E-state index contributed by atoms with van der Waals surface area (Å²) in [4.78, 5) is 11.5. The van der Waals surface area contributed by atoms with Crippen molar-refractivity contribution in [3.05, 3.63) is 34.6 Å². The summed E-state index contributed by atoms with van der Waals surface area (Å²) in [6.07, 6.45) is 1.16. The number of aliphatic carboxylic acids is 1. The van der Waals surface area contributed by atoms with Gasteiger partial charge in [0.05, 0.1) is 0 Å². The van der Waals surface area contributed by atoms with Crippen LogP contribution in [0.2, 0.25) is 5.02 Å². The number of halogens is 2. The Morgan fingerprint density at radius 1 is 1.53 bits per heavy atom. The number of benzene rings is 1. The van der Waals surface area contributed by atoms with Crippen LogP contribution >= 0.6 is 11.6 Å². The van der Waals surface area contributed by atoms with E-state index < -0.39 is 17.2 Å². The molecule has 0 saturated carbocycles. The molecule has 2 rings (SSSR count). The molecule has 0 aliphatic carbocycles. The van der Waals surface area contributed by atoms with E-state index in [9.17, 15) is 14.3 Å². The van der Waals surface area contributed by atoms with Crippen molar-refractivity contribution in [1.82, 2.24) is 5.32 Å². The van der Waals surface area contributed by atoms with Gasteiger partial charge in [-0.25, -0.2) is 4.39 Å². The zero-order valence-corrected chi connectivity index (χ0v) is 9.93. The molecular weight excluding hydrogens is 245 g/mol. The molecule has 0 radical (unpaired) electrons. The predicted molar refractivity (Wildman–Crippen MR) is 62.8 cm³/mol. The second-order valence-corrected chi connectivity index (χ2v) is 4.73. The van der Waals surface area contributed by atoms with Gasteiger partial charge < -0.3 is 10.4 Å². The molecule has 1 unspecified atom stereocenters. The Morgan fingerprint density at radius 3 is 2.82 bits per heavy atom. The number of hydrogen-bond donors (Lipinski definition) is 2. The average Bonchev–Trinajstić information content (AvgIpc) is 2.29. The lowest BCUT2D eigenvalue weighted by atomic mass is 9.74. The summed E-state index contributed by atoms with van der Waals surface area (Å²) < 4.78 is 13.9. The molecule has 2 N–H and O–H groups in total. The van der Waals surface area contributed by atoms with Crippen LogP contribution in [-0.2, 0) is 10.2 Å². The average molecular weight is 258 g/mol. The predicted octanol–water partition coefficient (Wildman–Crippen LogP) is 2.18. The van der Waals surface area contributed by atoms with E-state index in [2.05, 4.69) is 5.32 Å². The largest absolute Gasteiger partial charge is 0.481 e. The van der Waals surface area contributed by atoms with E-state index in [1.807, 2.05) is 0 Å². The highest BCUT2D eigenvalue weighted by molar-refractivity contribution is 6.30. The highest BCUT2D eigenvalue weighted by Gasteiger charge is 2.43. The molecule has 0 bridgehead atoms. The van der Waals surface area contributed by atoms with Gasteiger partial charge in [0, 0.05) is 17.1 Å². The molecule has 1 atom stereocenters. The van der Waals surface area contributed by atoms with Crippen molar-refractivity contribution >= 4 is 17.6 Å². The number of carboxylic acid groups (broad SMARTS) is 1. The Kier molecular flexibility index (Phi) is 3.35. The van der Waals surface area contributed by atoms with Gasteiger partial charge >= 0.3 is 5.97 Å². The lowest BCUT2D eigenvalue weighted by Crippen LogP contribution is -2.49. The fraction of sp³-hybridized carbons (Fsp3) is 0.417. The van der Waals surface area contributed by atoms with Crippen LogP contribution in [-0.4, -0.2) is 24.2 Å². The molecule has 1 saturated heterocycles. The van der Waals surface area contributed by atoms with Crippen LogP contribution in [0, 0.1) is 5.82 Å². The van der Waals surface area contributed by atoms with Crippen LogP contribution in [0.5, 0.6) is 0 Å². The molecule has 1 aliphatic heterocycles. The maximum atomic E-state index is 13.9. The third kappa shape index (κ3) is 2.15. The van der Waals surface area contributed by atoms with Crippen molar-refractivity contribution < 1.29 is 14.3 Å². The molecule has 0 spiro atoms. The Labute approximate surface area is 104 Å². The van der Waals surface area contributed by atoms with Crippen molar-refractivity contribution in [3.63, 3.8) is 0 Å². The van der Waals surface area contributed by atoms with Gasteiger partial charge in [-0.1, -0.05) is 17.7 Å². The van der Waals surface area contributed by atoms with Gasteiger partial charge in [0.25, 0.3) is 0 Å². The van der Waals surface area contributed by atoms with Crippen LogP contribution in [0.15, 0.2) is 18.2 Å². The lowest BCUT2D eigenvalue weighted by molar-refractivity contribution is -0.144. The Hall–Kier alpha value is -1.13. The Morgan fingerprint density at radius 2 is 2.29 bits per heavy atom. The molecule has 0 amide bonds. The van der Waals surface area contributed by atoms with E-state index in [-0.39, 0.29) is 17.1 Å². The topological polar surface area (TPSA) is 49.3 Å². The van der Waals surface area contributed by atoms with E-state index in [1.54, 1.807) is 0 Å². The number of carboxylic acids is 1.